The summed E-state index contributed by atoms with van der Waals surface area (Å²) in [5.74, 6) is -0.868. The number of allylic oxidation sites excluding steroid dienone is 14. The molecule has 0 aliphatic heterocycles. The van der Waals surface area contributed by atoms with Crippen LogP contribution in [0.4, 0.5) is 0 Å². The van der Waals surface area contributed by atoms with Crippen LogP contribution < -0.4 is 0 Å². The van der Waals surface area contributed by atoms with Gasteiger partial charge >= 0.3 is 17.9 Å². The minimum atomic E-state index is -0.775. The van der Waals surface area contributed by atoms with Crippen LogP contribution in [0.15, 0.2) is 85.1 Å². The van der Waals surface area contributed by atoms with E-state index in [4.69, 9.17) is 14.2 Å². The highest BCUT2D eigenvalue weighted by molar-refractivity contribution is 5.71. The minimum absolute atomic E-state index is 0.0739. The number of carbonyl (C=O) groups is 3. The SMILES string of the molecule is CC/C=C\C/C=C\C/C=C\C/C=C\C/C=C\C/C=C\CCCCCCCCCCCCCCC(=O)OCC(COC(=O)CCCCCCCCCC)OC(=O)CCCCCCCCCCC/C=C\CCCCCCCCCC. The quantitative estimate of drug-likeness (QED) is 0.0261. The van der Waals surface area contributed by atoms with E-state index in [1.807, 2.05) is 0 Å². The first-order chi connectivity index (χ1) is 38.5. The molecule has 0 radical (unpaired) electrons. The van der Waals surface area contributed by atoms with Crippen LogP contribution in [0.2, 0.25) is 0 Å². The molecule has 0 fully saturated rings. The summed E-state index contributed by atoms with van der Waals surface area (Å²) in [6.07, 6.45) is 87.6. The van der Waals surface area contributed by atoms with Crippen molar-refractivity contribution >= 4 is 17.9 Å². The Kier molecular flexibility index (Phi) is 63.2. The third-order valence-electron chi connectivity index (χ3n) is 14.6. The maximum Gasteiger partial charge on any atom is 0.306 e. The largest absolute Gasteiger partial charge is 0.462 e. The van der Waals surface area contributed by atoms with E-state index in [0.717, 1.165) is 96.3 Å². The zero-order chi connectivity index (χ0) is 56.4. The second-order valence-corrected chi connectivity index (χ2v) is 22.4. The van der Waals surface area contributed by atoms with Crippen molar-refractivity contribution in [1.29, 1.82) is 0 Å². The van der Waals surface area contributed by atoms with Crippen LogP contribution in [0, 0.1) is 0 Å². The van der Waals surface area contributed by atoms with Gasteiger partial charge < -0.3 is 14.2 Å². The first-order valence-electron chi connectivity index (χ1n) is 33.6. The second-order valence-electron chi connectivity index (χ2n) is 22.4. The standard InChI is InChI=1S/C72H126O6/c1-4-7-10-13-16-19-21-23-25-27-29-31-32-33-34-35-36-37-38-39-40-42-43-45-47-49-51-53-56-59-62-65-71(74)77-68-69(67-76-70(73)64-61-58-55-18-15-12-9-6-3)78-72(75)66-63-60-57-54-52-50-48-46-44-41-30-28-26-24-22-20-17-14-11-8-5-2/h7,10,16,19,23,25,28-31,33-34,36-37,69H,4-6,8-9,11-15,17-18,20-22,24,26-27,32,35,38-68H2,1-3H3/b10-7-,19-16-,25-23-,30-28-,31-29-,34-33-,37-36-. The number of rotatable bonds is 61. The van der Waals surface area contributed by atoms with Crippen molar-refractivity contribution < 1.29 is 28.6 Å². The molecular weight excluding hydrogens is 961 g/mol. The van der Waals surface area contributed by atoms with Crippen molar-refractivity contribution in [3.8, 4) is 0 Å². The molecule has 0 bridgehead atoms. The highest BCUT2D eigenvalue weighted by Crippen LogP contribution is 2.17. The summed E-state index contributed by atoms with van der Waals surface area (Å²) in [5, 5.41) is 0. The smallest absolute Gasteiger partial charge is 0.306 e. The van der Waals surface area contributed by atoms with E-state index < -0.39 is 6.10 Å². The normalized spacial score (nSPS) is 12.6. The van der Waals surface area contributed by atoms with E-state index in [1.165, 1.54) is 199 Å². The summed E-state index contributed by atoms with van der Waals surface area (Å²) >= 11 is 0. The van der Waals surface area contributed by atoms with E-state index in [-0.39, 0.29) is 31.1 Å². The third-order valence-corrected chi connectivity index (χ3v) is 14.6. The molecule has 0 saturated carbocycles. The summed E-state index contributed by atoms with van der Waals surface area (Å²) in [7, 11) is 0. The third kappa shape index (κ3) is 63.4. The first kappa shape index (κ1) is 74.6. The molecule has 0 aliphatic carbocycles. The van der Waals surface area contributed by atoms with Gasteiger partial charge in [-0.1, -0.05) is 305 Å². The Hall–Kier alpha value is -3.41. The Bertz CT molecular complexity index is 1480. The number of hydrogen-bond acceptors (Lipinski definition) is 6. The molecule has 6 heteroatoms. The second kappa shape index (κ2) is 66.1. The minimum Gasteiger partial charge on any atom is -0.462 e. The lowest BCUT2D eigenvalue weighted by atomic mass is 10.0. The predicted molar refractivity (Wildman–Crippen MR) is 339 cm³/mol. The number of hydrogen-bond donors (Lipinski definition) is 0. The lowest BCUT2D eigenvalue weighted by Gasteiger charge is -2.18. The molecule has 0 aliphatic rings. The van der Waals surface area contributed by atoms with Gasteiger partial charge in [-0.3, -0.25) is 14.4 Å². The summed E-state index contributed by atoms with van der Waals surface area (Å²) in [4.78, 5) is 38.2. The highest BCUT2D eigenvalue weighted by atomic mass is 16.6. The number of ether oxygens (including phenoxy) is 3. The highest BCUT2D eigenvalue weighted by Gasteiger charge is 2.19. The number of carbonyl (C=O) groups excluding carboxylic acids is 3. The van der Waals surface area contributed by atoms with Gasteiger partial charge in [-0.25, -0.2) is 0 Å². The zero-order valence-corrected chi connectivity index (χ0v) is 51.7. The van der Waals surface area contributed by atoms with E-state index >= 15 is 0 Å². The molecule has 0 spiro atoms. The van der Waals surface area contributed by atoms with Crippen LogP contribution in [0.5, 0.6) is 0 Å². The van der Waals surface area contributed by atoms with Gasteiger partial charge in [0.05, 0.1) is 0 Å². The summed E-state index contributed by atoms with van der Waals surface area (Å²) in [6.45, 7) is 6.53. The van der Waals surface area contributed by atoms with E-state index in [1.54, 1.807) is 0 Å². The molecule has 0 rings (SSSR count). The molecule has 78 heavy (non-hydrogen) atoms. The Balaban J connectivity index is 4.13. The topological polar surface area (TPSA) is 78.9 Å². The van der Waals surface area contributed by atoms with Crippen molar-refractivity contribution in [2.45, 2.75) is 341 Å². The van der Waals surface area contributed by atoms with Crippen molar-refractivity contribution in [3.63, 3.8) is 0 Å². The van der Waals surface area contributed by atoms with Gasteiger partial charge in [-0.15, -0.1) is 0 Å². The maximum absolute atomic E-state index is 12.9. The molecule has 0 N–H and O–H groups in total. The molecule has 0 amide bonds. The van der Waals surface area contributed by atoms with Crippen molar-refractivity contribution in [3.05, 3.63) is 85.1 Å². The van der Waals surface area contributed by atoms with Crippen molar-refractivity contribution in [2.75, 3.05) is 13.2 Å². The average molecular weight is 1090 g/mol. The fourth-order valence-corrected chi connectivity index (χ4v) is 9.62. The van der Waals surface area contributed by atoms with Crippen LogP contribution in [0.3, 0.4) is 0 Å². The molecule has 6 nitrogen and oxygen atoms in total. The van der Waals surface area contributed by atoms with Crippen molar-refractivity contribution in [1.82, 2.24) is 0 Å². The van der Waals surface area contributed by atoms with Gasteiger partial charge in [0.15, 0.2) is 6.10 Å². The molecule has 0 aromatic carbocycles. The molecule has 1 atom stereocenters. The Morgan fingerprint density at radius 1 is 0.269 bits per heavy atom. The lowest BCUT2D eigenvalue weighted by molar-refractivity contribution is -0.167. The zero-order valence-electron chi connectivity index (χ0n) is 51.7. The molecule has 450 valence electrons. The fourth-order valence-electron chi connectivity index (χ4n) is 9.62. The predicted octanol–water partition coefficient (Wildman–Crippen LogP) is 23.1. The first-order valence-corrected chi connectivity index (χ1v) is 33.6. The monoisotopic (exact) mass is 1090 g/mol. The Labute approximate surface area is 484 Å². The molecule has 0 heterocycles. The van der Waals surface area contributed by atoms with Gasteiger partial charge in [-0.05, 0) is 96.3 Å². The molecule has 1 unspecified atom stereocenters. The van der Waals surface area contributed by atoms with Gasteiger partial charge in [0, 0.05) is 19.3 Å². The fraction of sp³-hybridized carbons (Fsp3) is 0.764. The molecular formula is C72H126O6. The van der Waals surface area contributed by atoms with Gasteiger partial charge in [0.1, 0.15) is 13.2 Å². The maximum atomic E-state index is 12.9. The molecule has 0 aromatic rings. The van der Waals surface area contributed by atoms with E-state index in [0.29, 0.717) is 19.3 Å². The van der Waals surface area contributed by atoms with Crippen LogP contribution in [0.25, 0.3) is 0 Å². The van der Waals surface area contributed by atoms with Crippen LogP contribution in [0.1, 0.15) is 335 Å². The van der Waals surface area contributed by atoms with Crippen LogP contribution >= 0.6 is 0 Å². The Morgan fingerprint density at radius 3 is 0.795 bits per heavy atom. The summed E-state index contributed by atoms with van der Waals surface area (Å²) in [5.41, 5.74) is 0. The molecule has 0 saturated heterocycles. The van der Waals surface area contributed by atoms with Gasteiger partial charge in [-0.2, -0.15) is 0 Å². The average Bonchev–Trinajstić information content (AvgIpc) is 3.44. The lowest BCUT2D eigenvalue weighted by Crippen LogP contribution is -2.30. The van der Waals surface area contributed by atoms with E-state index in [2.05, 4.69) is 106 Å². The number of unbranched alkanes of at least 4 members (excludes halogenated alkanes) is 36. The molecule has 0 aromatic heterocycles. The van der Waals surface area contributed by atoms with Gasteiger partial charge in [0.25, 0.3) is 0 Å². The van der Waals surface area contributed by atoms with E-state index in [9.17, 15) is 14.4 Å². The Morgan fingerprint density at radius 2 is 0.500 bits per heavy atom. The van der Waals surface area contributed by atoms with Gasteiger partial charge in [0.2, 0.25) is 0 Å². The van der Waals surface area contributed by atoms with Crippen LogP contribution in [-0.2, 0) is 28.6 Å². The number of esters is 3. The van der Waals surface area contributed by atoms with Crippen molar-refractivity contribution in [2.24, 2.45) is 0 Å². The summed E-state index contributed by atoms with van der Waals surface area (Å²) in [6, 6.07) is 0. The van der Waals surface area contributed by atoms with Crippen LogP contribution in [-0.4, -0.2) is 37.2 Å². The summed E-state index contributed by atoms with van der Waals surface area (Å²) < 4.78 is 16.9.